The van der Waals surface area contributed by atoms with Gasteiger partial charge in [0.15, 0.2) is 0 Å². The summed E-state index contributed by atoms with van der Waals surface area (Å²) in [4.78, 5) is 30.5. The van der Waals surface area contributed by atoms with E-state index in [4.69, 9.17) is 0 Å². The van der Waals surface area contributed by atoms with Crippen LogP contribution >= 0.6 is 11.3 Å². The molecule has 0 unspecified atom stereocenters. The summed E-state index contributed by atoms with van der Waals surface area (Å²) in [6, 6.07) is 6.00. The number of piperidine rings is 1. The molecule has 0 bridgehead atoms. The lowest BCUT2D eigenvalue weighted by Crippen LogP contribution is -2.41. The van der Waals surface area contributed by atoms with Crippen LogP contribution in [0.25, 0.3) is 10.2 Å². The van der Waals surface area contributed by atoms with Gasteiger partial charge in [0.2, 0.25) is 5.91 Å². The van der Waals surface area contributed by atoms with E-state index >= 15 is 0 Å². The molecule has 0 saturated carbocycles. The van der Waals surface area contributed by atoms with Crippen molar-refractivity contribution in [2.45, 2.75) is 33.1 Å². The molecular formula is C20H23N5OS. The van der Waals surface area contributed by atoms with Crippen molar-refractivity contribution in [2.75, 3.05) is 23.3 Å². The fourth-order valence-electron chi connectivity index (χ4n) is 3.54. The number of hydrogen-bond donors (Lipinski definition) is 1. The maximum Gasteiger partial charge on any atom is 0.230 e. The highest BCUT2D eigenvalue weighted by Gasteiger charge is 2.28. The number of thiophene rings is 1. The Balaban J connectivity index is 1.53. The molecule has 0 radical (unpaired) electrons. The van der Waals surface area contributed by atoms with Crippen LogP contribution in [0.5, 0.6) is 0 Å². The topological polar surface area (TPSA) is 71.0 Å². The zero-order valence-corrected chi connectivity index (χ0v) is 16.4. The van der Waals surface area contributed by atoms with Gasteiger partial charge in [-0.25, -0.2) is 15.0 Å². The van der Waals surface area contributed by atoms with E-state index in [2.05, 4.69) is 38.2 Å². The Hall–Kier alpha value is -2.54. The lowest BCUT2D eigenvalue weighted by molar-refractivity contribution is -0.120. The minimum absolute atomic E-state index is 0.0302. The Morgan fingerprint density at radius 3 is 3.04 bits per heavy atom. The summed E-state index contributed by atoms with van der Waals surface area (Å²) in [5.41, 5.74) is 1.08. The molecule has 1 amide bonds. The molecule has 1 saturated heterocycles. The molecule has 1 aliphatic rings. The van der Waals surface area contributed by atoms with E-state index in [9.17, 15) is 4.79 Å². The van der Waals surface area contributed by atoms with Gasteiger partial charge in [-0.2, -0.15) is 0 Å². The van der Waals surface area contributed by atoms with Gasteiger partial charge in [0.05, 0.1) is 11.3 Å². The van der Waals surface area contributed by atoms with Crippen LogP contribution in [0, 0.1) is 12.8 Å². The summed E-state index contributed by atoms with van der Waals surface area (Å²) in [5.74, 6) is 1.52. The van der Waals surface area contributed by atoms with Gasteiger partial charge in [0.1, 0.15) is 22.8 Å². The van der Waals surface area contributed by atoms with Gasteiger partial charge in [-0.15, -0.1) is 11.3 Å². The van der Waals surface area contributed by atoms with E-state index in [0.29, 0.717) is 12.4 Å². The Morgan fingerprint density at radius 2 is 2.22 bits per heavy atom. The lowest BCUT2D eigenvalue weighted by Gasteiger charge is -2.33. The van der Waals surface area contributed by atoms with Gasteiger partial charge < -0.3 is 10.2 Å². The predicted molar refractivity (Wildman–Crippen MR) is 109 cm³/mol. The van der Waals surface area contributed by atoms with E-state index in [0.717, 1.165) is 47.4 Å². The molecule has 6 nitrogen and oxygen atoms in total. The number of pyridine rings is 1. The number of rotatable bonds is 4. The minimum atomic E-state index is -0.0737. The highest BCUT2D eigenvalue weighted by atomic mass is 32.1. The molecular weight excluding hydrogens is 358 g/mol. The molecule has 0 spiro atoms. The highest BCUT2D eigenvalue weighted by molar-refractivity contribution is 7.18. The second kappa shape index (κ2) is 7.60. The maximum atomic E-state index is 12.8. The van der Waals surface area contributed by atoms with Crippen LogP contribution in [0.15, 0.2) is 30.7 Å². The molecule has 1 fully saturated rings. The van der Waals surface area contributed by atoms with Crippen molar-refractivity contribution in [3.63, 3.8) is 0 Å². The van der Waals surface area contributed by atoms with Gasteiger partial charge in [0.25, 0.3) is 0 Å². The molecule has 140 valence electrons. The van der Waals surface area contributed by atoms with Gasteiger partial charge in [-0.1, -0.05) is 6.92 Å². The van der Waals surface area contributed by atoms with Crippen molar-refractivity contribution in [1.29, 1.82) is 0 Å². The number of fused-ring (bicyclic) bond motifs is 1. The average Bonchev–Trinajstić information content (AvgIpc) is 3.11. The molecule has 7 heteroatoms. The van der Waals surface area contributed by atoms with Crippen LogP contribution in [0.1, 0.15) is 30.2 Å². The fourth-order valence-corrected chi connectivity index (χ4v) is 4.47. The van der Waals surface area contributed by atoms with E-state index in [1.165, 1.54) is 4.88 Å². The Bertz CT molecular complexity index is 970. The monoisotopic (exact) mass is 381 g/mol. The number of nitrogens with one attached hydrogen (secondary N) is 1. The smallest absolute Gasteiger partial charge is 0.230 e. The number of amides is 1. The third-order valence-corrected chi connectivity index (χ3v) is 6.15. The van der Waals surface area contributed by atoms with Crippen LogP contribution in [0.3, 0.4) is 0 Å². The molecule has 1 N–H and O–H groups in total. The second-order valence-electron chi connectivity index (χ2n) is 6.98. The summed E-state index contributed by atoms with van der Waals surface area (Å²) < 4.78 is 0. The summed E-state index contributed by atoms with van der Waals surface area (Å²) in [6.45, 7) is 5.72. The van der Waals surface area contributed by atoms with Crippen molar-refractivity contribution < 1.29 is 4.79 Å². The standard InChI is InChI=1S/C20H23N5OS/c1-3-15-10-16-18(22-12-23-20(16)27-15)25-8-4-5-14(11-25)19(26)24-17-9-13(2)6-7-21-17/h6-7,9-10,12,14H,3-5,8,11H2,1-2H3,(H,21,24,26)/t14-/m0/s1. The number of hydrogen-bond acceptors (Lipinski definition) is 6. The van der Waals surface area contributed by atoms with Gasteiger partial charge in [-0.05, 0) is 49.9 Å². The second-order valence-corrected chi connectivity index (χ2v) is 8.09. The van der Waals surface area contributed by atoms with Crippen molar-refractivity contribution in [2.24, 2.45) is 5.92 Å². The van der Waals surface area contributed by atoms with Crippen LogP contribution in [0.2, 0.25) is 0 Å². The maximum absolute atomic E-state index is 12.8. The molecule has 0 aliphatic carbocycles. The molecule has 4 rings (SSSR count). The molecule has 3 aromatic rings. The van der Waals surface area contributed by atoms with Crippen LogP contribution < -0.4 is 10.2 Å². The summed E-state index contributed by atoms with van der Waals surface area (Å²) in [6.07, 6.45) is 6.20. The van der Waals surface area contributed by atoms with E-state index < -0.39 is 0 Å². The quantitative estimate of drug-likeness (QED) is 0.744. The largest absolute Gasteiger partial charge is 0.355 e. The lowest BCUT2D eigenvalue weighted by atomic mass is 9.97. The molecule has 3 aromatic heterocycles. The van der Waals surface area contributed by atoms with E-state index in [1.54, 1.807) is 23.9 Å². The van der Waals surface area contributed by atoms with Crippen LogP contribution in [0.4, 0.5) is 11.6 Å². The average molecular weight is 382 g/mol. The Kier molecular flexibility index (Phi) is 5.03. The van der Waals surface area contributed by atoms with Gasteiger partial charge >= 0.3 is 0 Å². The fraction of sp³-hybridized carbons (Fsp3) is 0.400. The normalized spacial score (nSPS) is 17.3. The third kappa shape index (κ3) is 3.78. The molecule has 27 heavy (non-hydrogen) atoms. The SMILES string of the molecule is CCc1cc2c(N3CCC[C@H](C(=O)Nc4cc(C)ccn4)C3)ncnc2s1. The first-order valence-corrected chi connectivity index (χ1v) is 10.2. The zero-order chi connectivity index (χ0) is 18.8. The predicted octanol–water partition coefficient (Wildman–Crippen LogP) is 3.81. The number of aromatic nitrogens is 3. The minimum Gasteiger partial charge on any atom is -0.355 e. The highest BCUT2D eigenvalue weighted by Crippen LogP contribution is 2.32. The van der Waals surface area contributed by atoms with Crippen molar-refractivity contribution in [3.8, 4) is 0 Å². The van der Waals surface area contributed by atoms with Crippen LogP contribution in [-0.2, 0) is 11.2 Å². The summed E-state index contributed by atoms with van der Waals surface area (Å²) >= 11 is 1.72. The zero-order valence-electron chi connectivity index (χ0n) is 15.6. The Labute approximate surface area is 162 Å². The summed E-state index contributed by atoms with van der Waals surface area (Å²) in [7, 11) is 0. The number of carbonyl (C=O) groups excluding carboxylic acids is 1. The van der Waals surface area contributed by atoms with Crippen molar-refractivity contribution >= 4 is 39.1 Å². The van der Waals surface area contributed by atoms with Gasteiger partial charge in [0, 0.05) is 24.2 Å². The number of anilines is 2. The van der Waals surface area contributed by atoms with Gasteiger partial charge in [-0.3, -0.25) is 4.79 Å². The molecule has 1 atom stereocenters. The first-order valence-electron chi connectivity index (χ1n) is 9.36. The number of carbonyl (C=O) groups is 1. The molecule has 1 aliphatic heterocycles. The Morgan fingerprint density at radius 1 is 1.33 bits per heavy atom. The first kappa shape index (κ1) is 17.9. The van der Waals surface area contributed by atoms with Crippen LogP contribution in [-0.4, -0.2) is 33.9 Å². The van der Waals surface area contributed by atoms with Crippen molar-refractivity contribution in [1.82, 2.24) is 15.0 Å². The molecule has 4 heterocycles. The first-order chi connectivity index (χ1) is 13.1. The summed E-state index contributed by atoms with van der Waals surface area (Å²) in [5, 5.41) is 4.07. The van der Waals surface area contributed by atoms with E-state index in [1.807, 2.05) is 19.1 Å². The third-order valence-electron chi connectivity index (χ3n) is 4.97. The van der Waals surface area contributed by atoms with E-state index in [-0.39, 0.29) is 11.8 Å². The number of aryl methyl sites for hydroxylation is 2. The number of nitrogens with zero attached hydrogens (tertiary/aromatic N) is 4. The molecule has 0 aromatic carbocycles. The van der Waals surface area contributed by atoms with Crippen molar-refractivity contribution in [3.05, 3.63) is 41.2 Å².